The SMILES string of the molecule is C/C=C(/C)C(Cl)=C=C/C=C/NC. The normalized spacial score (nSPS) is 11.2. The van der Waals surface area contributed by atoms with Crippen molar-refractivity contribution < 1.29 is 0 Å². The Morgan fingerprint density at radius 1 is 1.50 bits per heavy atom. The highest BCUT2D eigenvalue weighted by molar-refractivity contribution is 6.31. The molecule has 12 heavy (non-hydrogen) atoms. The minimum absolute atomic E-state index is 0.651. The monoisotopic (exact) mass is 183 g/mol. The van der Waals surface area contributed by atoms with Gasteiger partial charge < -0.3 is 5.32 Å². The number of allylic oxidation sites excluding steroid dienone is 4. The third kappa shape index (κ3) is 4.84. The zero-order valence-corrected chi connectivity index (χ0v) is 8.44. The molecule has 0 unspecified atom stereocenters. The van der Waals surface area contributed by atoms with Gasteiger partial charge in [-0.3, -0.25) is 0 Å². The highest BCUT2D eigenvalue weighted by Crippen LogP contribution is 2.11. The van der Waals surface area contributed by atoms with Crippen LogP contribution in [0.1, 0.15) is 13.8 Å². The number of hydrogen-bond acceptors (Lipinski definition) is 1. The van der Waals surface area contributed by atoms with E-state index >= 15 is 0 Å². The molecule has 0 spiro atoms. The second-order valence-corrected chi connectivity index (χ2v) is 2.62. The van der Waals surface area contributed by atoms with Crippen LogP contribution in [0, 0.1) is 0 Å². The van der Waals surface area contributed by atoms with E-state index in [1.165, 1.54) is 0 Å². The average molecular weight is 184 g/mol. The van der Waals surface area contributed by atoms with Gasteiger partial charge in [-0.05, 0) is 37.8 Å². The Bertz CT molecular complexity index is 243. The van der Waals surface area contributed by atoms with E-state index in [4.69, 9.17) is 11.6 Å². The van der Waals surface area contributed by atoms with Crippen molar-refractivity contribution in [1.29, 1.82) is 0 Å². The van der Waals surface area contributed by atoms with Crippen LogP contribution in [-0.4, -0.2) is 7.05 Å². The largest absolute Gasteiger partial charge is 0.394 e. The molecule has 0 aromatic carbocycles. The predicted octanol–water partition coefficient (Wildman–Crippen LogP) is 2.96. The van der Waals surface area contributed by atoms with Crippen LogP contribution in [0.2, 0.25) is 0 Å². The fourth-order valence-corrected chi connectivity index (χ4v) is 0.678. The summed E-state index contributed by atoms with van der Waals surface area (Å²) in [4.78, 5) is 0. The number of rotatable bonds is 3. The van der Waals surface area contributed by atoms with E-state index in [-0.39, 0.29) is 0 Å². The summed E-state index contributed by atoms with van der Waals surface area (Å²) < 4.78 is 0. The lowest BCUT2D eigenvalue weighted by atomic mass is 10.3. The Morgan fingerprint density at radius 2 is 2.17 bits per heavy atom. The summed E-state index contributed by atoms with van der Waals surface area (Å²) in [6, 6.07) is 0. The molecule has 0 saturated heterocycles. The fraction of sp³-hybridized carbons (Fsp3) is 0.300. The van der Waals surface area contributed by atoms with Crippen LogP contribution in [0.5, 0.6) is 0 Å². The van der Waals surface area contributed by atoms with Crippen LogP contribution in [0.15, 0.2) is 40.8 Å². The maximum atomic E-state index is 5.86. The summed E-state index contributed by atoms with van der Waals surface area (Å²) in [5, 5.41) is 3.52. The van der Waals surface area contributed by atoms with E-state index in [1.54, 1.807) is 6.08 Å². The number of nitrogens with one attached hydrogen (secondary N) is 1. The Labute approximate surface area is 79.1 Å². The van der Waals surface area contributed by atoms with Crippen LogP contribution >= 0.6 is 11.6 Å². The van der Waals surface area contributed by atoms with Gasteiger partial charge in [0, 0.05) is 7.05 Å². The smallest absolute Gasteiger partial charge is 0.0850 e. The summed E-state index contributed by atoms with van der Waals surface area (Å²) in [7, 11) is 1.84. The molecule has 0 heterocycles. The second-order valence-electron chi connectivity index (χ2n) is 2.24. The van der Waals surface area contributed by atoms with E-state index < -0.39 is 0 Å². The van der Waals surface area contributed by atoms with Crippen molar-refractivity contribution >= 4 is 11.6 Å². The topological polar surface area (TPSA) is 12.0 Å². The second kappa shape index (κ2) is 6.78. The Balaban J connectivity index is 4.35. The first kappa shape index (κ1) is 11.1. The summed E-state index contributed by atoms with van der Waals surface area (Å²) in [5.74, 6) is 0. The third-order valence-electron chi connectivity index (χ3n) is 1.35. The molecule has 0 fully saturated rings. The van der Waals surface area contributed by atoms with Crippen LogP contribution in [0.25, 0.3) is 0 Å². The molecule has 1 nitrogen and oxygen atoms in total. The zero-order valence-electron chi connectivity index (χ0n) is 7.69. The predicted molar refractivity (Wildman–Crippen MR) is 55.1 cm³/mol. The molecule has 0 aromatic rings. The van der Waals surface area contributed by atoms with Crippen molar-refractivity contribution in [2.45, 2.75) is 13.8 Å². The summed E-state index contributed by atoms with van der Waals surface area (Å²) >= 11 is 5.86. The molecule has 0 amide bonds. The molecule has 0 aliphatic carbocycles. The van der Waals surface area contributed by atoms with Crippen LogP contribution in [0.4, 0.5) is 0 Å². The van der Waals surface area contributed by atoms with Crippen LogP contribution in [-0.2, 0) is 0 Å². The molecule has 0 aliphatic heterocycles. The van der Waals surface area contributed by atoms with Crippen LogP contribution < -0.4 is 5.32 Å². The first-order chi connectivity index (χ1) is 5.72. The fourth-order valence-electron chi connectivity index (χ4n) is 0.506. The zero-order chi connectivity index (χ0) is 9.40. The molecular formula is C10H14ClN. The summed E-state index contributed by atoms with van der Waals surface area (Å²) in [6.07, 6.45) is 7.37. The molecule has 0 radical (unpaired) electrons. The van der Waals surface area contributed by atoms with Crippen molar-refractivity contribution in [2.24, 2.45) is 0 Å². The maximum Gasteiger partial charge on any atom is 0.0850 e. The first-order valence-corrected chi connectivity index (χ1v) is 4.18. The minimum Gasteiger partial charge on any atom is -0.394 e. The Kier molecular flexibility index (Phi) is 6.26. The molecule has 0 bridgehead atoms. The van der Waals surface area contributed by atoms with Gasteiger partial charge in [0.1, 0.15) is 0 Å². The standard InChI is InChI=1S/C10H14ClN/c1-4-9(2)10(11)7-5-6-8-12-3/h4-6,8,12H,1-3H3/b8-6+,9-4-. The lowest BCUT2D eigenvalue weighted by Crippen LogP contribution is -1.89. The van der Waals surface area contributed by atoms with Gasteiger partial charge in [-0.15, -0.1) is 5.73 Å². The highest BCUT2D eigenvalue weighted by atomic mass is 35.5. The molecule has 0 aliphatic rings. The Morgan fingerprint density at radius 3 is 2.67 bits per heavy atom. The van der Waals surface area contributed by atoms with Crippen LogP contribution in [0.3, 0.4) is 0 Å². The van der Waals surface area contributed by atoms with Crippen molar-refractivity contribution in [3.63, 3.8) is 0 Å². The van der Waals surface area contributed by atoms with Crippen molar-refractivity contribution in [3.8, 4) is 0 Å². The molecule has 0 saturated carbocycles. The molecule has 66 valence electrons. The minimum atomic E-state index is 0.651. The van der Waals surface area contributed by atoms with E-state index in [9.17, 15) is 0 Å². The maximum absolute atomic E-state index is 5.86. The number of halogens is 1. The molecule has 0 rings (SSSR count). The van der Waals surface area contributed by atoms with E-state index in [0.717, 1.165) is 5.57 Å². The Hall–Kier alpha value is -0.910. The van der Waals surface area contributed by atoms with Crippen molar-refractivity contribution in [1.82, 2.24) is 5.32 Å². The first-order valence-electron chi connectivity index (χ1n) is 3.80. The van der Waals surface area contributed by atoms with Crippen molar-refractivity contribution in [3.05, 3.63) is 40.8 Å². The highest BCUT2D eigenvalue weighted by Gasteiger charge is 1.88. The molecule has 2 heteroatoms. The van der Waals surface area contributed by atoms with Gasteiger partial charge in [0.25, 0.3) is 0 Å². The van der Waals surface area contributed by atoms with Gasteiger partial charge in [-0.2, -0.15) is 0 Å². The third-order valence-corrected chi connectivity index (χ3v) is 1.76. The van der Waals surface area contributed by atoms with Gasteiger partial charge in [0.05, 0.1) is 5.03 Å². The van der Waals surface area contributed by atoms with E-state index in [2.05, 4.69) is 11.0 Å². The van der Waals surface area contributed by atoms with E-state index in [0.29, 0.717) is 5.03 Å². The summed E-state index contributed by atoms with van der Waals surface area (Å²) in [5.41, 5.74) is 3.96. The number of hydrogen-bond donors (Lipinski definition) is 1. The molecular weight excluding hydrogens is 170 g/mol. The quantitative estimate of drug-likeness (QED) is 0.524. The molecule has 0 aromatic heterocycles. The lowest BCUT2D eigenvalue weighted by molar-refractivity contribution is 1.10. The van der Waals surface area contributed by atoms with Gasteiger partial charge in [0.15, 0.2) is 0 Å². The molecule has 0 atom stereocenters. The average Bonchev–Trinajstić information content (AvgIpc) is 2.10. The van der Waals surface area contributed by atoms with Gasteiger partial charge in [-0.1, -0.05) is 17.7 Å². The van der Waals surface area contributed by atoms with Gasteiger partial charge >= 0.3 is 0 Å². The van der Waals surface area contributed by atoms with Crippen molar-refractivity contribution in [2.75, 3.05) is 7.05 Å². The lowest BCUT2D eigenvalue weighted by Gasteiger charge is -1.90. The van der Waals surface area contributed by atoms with Gasteiger partial charge in [-0.25, -0.2) is 0 Å². The van der Waals surface area contributed by atoms with E-state index in [1.807, 2.05) is 39.2 Å². The van der Waals surface area contributed by atoms with Gasteiger partial charge in [0.2, 0.25) is 0 Å². The summed E-state index contributed by atoms with van der Waals surface area (Å²) in [6.45, 7) is 3.90. The molecule has 1 N–H and O–H groups in total.